The summed E-state index contributed by atoms with van der Waals surface area (Å²) in [7, 11) is 0. The normalized spacial score (nSPS) is 28.2. The third-order valence-electron chi connectivity index (χ3n) is 4.64. The molecule has 1 aromatic rings. The van der Waals surface area contributed by atoms with E-state index in [0.29, 0.717) is 0 Å². The summed E-state index contributed by atoms with van der Waals surface area (Å²) in [4.78, 5) is 20.6. The number of nitrogens with zero attached hydrogens (tertiary/aromatic N) is 1. The number of ether oxygens (including phenoxy) is 2. The van der Waals surface area contributed by atoms with Gasteiger partial charge in [0.2, 0.25) is 0 Å². The SMILES string of the molecule is O=C(NC(COC1OC(CO)C(O)C(O)C1O)C(O)c1ccc([N+](=O)[O-])cc1)C(Cl)Cl. The molecule has 1 aliphatic rings. The molecule has 12 nitrogen and oxygen atoms in total. The highest BCUT2D eigenvalue weighted by Gasteiger charge is 2.44. The van der Waals surface area contributed by atoms with Crippen LogP contribution < -0.4 is 5.32 Å². The topological polar surface area (TPSA) is 192 Å². The van der Waals surface area contributed by atoms with Gasteiger partial charge < -0.3 is 40.3 Å². The molecule has 0 aliphatic carbocycles. The van der Waals surface area contributed by atoms with E-state index < -0.39 is 71.7 Å². The van der Waals surface area contributed by atoms with Crippen LogP contribution in [0.15, 0.2) is 24.3 Å². The molecule has 1 saturated heterocycles. The van der Waals surface area contributed by atoms with E-state index in [0.717, 1.165) is 12.1 Å². The largest absolute Gasteiger partial charge is 0.394 e. The van der Waals surface area contributed by atoms with Crippen molar-refractivity contribution in [2.75, 3.05) is 13.2 Å². The molecule has 0 radical (unpaired) electrons. The minimum atomic E-state index is -1.69. The van der Waals surface area contributed by atoms with Gasteiger partial charge in [-0.2, -0.15) is 0 Å². The third-order valence-corrected chi connectivity index (χ3v) is 5.04. The number of amides is 1. The molecule has 1 aromatic carbocycles. The number of benzene rings is 1. The molecular weight excluding hydrogens is 463 g/mol. The number of carbonyl (C=O) groups is 1. The molecule has 6 N–H and O–H groups in total. The average molecular weight is 485 g/mol. The van der Waals surface area contributed by atoms with E-state index in [9.17, 15) is 40.4 Å². The molecular formula is C17H22Cl2N2O10. The van der Waals surface area contributed by atoms with Gasteiger partial charge in [-0.05, 0) is 17.7 Å². The number of aliphatic hydroxyl groups excluding tert-OH is 5. The molecule has 1 heterocycles. The maximum Gasteiger partial charge on any atom is 0.269 e. The Morgan fingerprint density at radius 2 is 1.81 bits per heavy atom. The van der Waals surface area contributed by atoms with Gasteiger partial charge in [0, 0.05) is 12.1 Å². The van der Waals surface area contributed by atoms with E-state index in [4.69, 9.17) is 32.7 Å². The van der Waals surface area contributed by atoms with Crippen molar-refractivity contribution in [3.8, 4) is 0 Å². The Morgan fingerprint density at radius 3 is 2.32 bits per heavy atom. The van der Waals surface area contributed by atoms with Gasteiger partial charge in [-0.15, -0.1) is 0 Å². The van der Waals surface area contributed by atoms with Crippen LogP contribution in [-0.4, -0.2) is 91.2 Å². The first-order chi connectivity index (χ1) is 14.6. The first-order valence-corrected chi connectivity index (χ1v) is 9.87. The fraction of sp³-hybridized carbons (Fsp3) is 0.588. The lowest BCUT2D eigenvalue weighted by Crippen LogP contribution is -2.59. The van der Waals surface area contributed by atoms with Crippen LogP contribution in [0.1, 0.15) is 11.7 Å². The van der Waals surface area contributed by atoms with Crippen LogP contribution in [0.4, 0.5) is 5.69 Å². The lowest BCUT2D eigenvalue weighted by molar-refractivity contribution is -0.384. The molecule has 7 atom stereocenters. The highest BCUT2D eigenvalue weighted by molar-refractivity contribution is 6.53. The molecule has 0 saturated carbocycles. The smallest absolute Gasteiger partial charge is 0.269 e. The molecule has 2 rings (SSSR count). The van der Waals surface area contributed by atoms with Crippen molar-refractivity contribution < 1.29 is 44.7 Å². The summed E-state index contributed by atoms with van der Waals surface area (Å²) in [5.74, 6) is -0.869. The van der Waals surface area contributed by atoms with Crippen LogP contribution in [0.5, 0.6) is 0 Å². The molecule has 7 unspecified atom stereocenters. The predicted molar refractivity (Wildman–Crippen MR) is 105 cm³/mol. The fourth-order valence-electron chi connectivity index (χ4n) is 2.89. The Hall–Kier alpha value is -1.61. The van der Waals surface area contributed by atoms with E-state index in [2.05, 4.69) is 5.32 Å². The highest BCUT2D eigenvalue weighted by atomic mass is 35.5. The van der Waals surface area contributed by atoms with Crippen LogP contribution in [0.2, 0.25) is 0 Å². The lowest BCUT2D eigenvalue weighted by atomic mass is 9.99. The number of nitro groups is 1. The van der Waals surface area contributed by atoms with Crippen LogP contribution >= 0.6 is 23.2 Å². The quantitative estimate of drug-likeness (QED) is 0.140. The Balaban J connectivity index is 2.15. The number of halogens is 2. The number of hydrogen-bond acceptors (Lipinski definition) is 10. The molecule has 174 valence electrons. The number of alkyl halides is 2. The Bertz CT molecular complexity index is 751. The van der Waals surface area contributed by atoms with Gasteiger partial charge in [-0.25, -0.2) is 0 Å². The number of carbonyl (C=O) groups excluding carboxylic acids is 1. The summed E-state index contributed by atoms with van der Waals surface area (Å²) in [5, 5.41) is 62.7. The highest BCUT2D eigenvalue weighted by Crippen LogP contribution is 2.25. The number of hydrogen-bond donors (Lipinski definition) is 6. The molecule has 1 amide bonds. The third kappa shape index (κ3) is 6.44. The summed E-state index contributed by atoms with van der Waals surface area (Å²) in [6, 6.07) is 3.65. The van der Waals surface area contributed by atoms with Crippen LogP contribution in [0.25, 0.3) is 0 Å². The zero-order valence-electron chi connectivity index (χ0n) is 15.8. The van der Waals surface area contributed by atoms with Crippen LogP contribution in [0.3, 0.4) is 0 Å². The first-order valence-electron chi connectivity index (χ1n) is 8.99. The second kappa shape index (κ2) is 11.3. The van der Waals surface area contributed by atoms with Crippen molar-refractivity contribution in [3.05, 3.63) is 39.9 Å². The molecule has 1 aliphatic heterocycles. The maximum atomic E-state index is 11.9. The Labute approximate surface area is 186 Å². The minimum absolute atomic E-state index is 0.189. The van der Waals surface area contributed by atoms with E-state index in [1.165, 1.54) is 12.1 Å². The van der Waals surface area contributed by atoms with Gasteiger partial charge in [0.15, 0.2) is 11.1 Å². The second-order valence-electron chi connectivity index (χ2n) is 6.74. The van der Waals surface area contributed by atoms with Gasteiger partial charge in [-0.1, -0.05) is 23.2 Å². The summed E-state index contributed by atoms with van der Waals surface area (Å²) >= 11 is 11.1. The standard InChI is InChI=1S/C17H22Cl2N2O10/c18-15(19)16(27)20-9(11(23)7-1-3-8(4-2-7)21(28)29)6-30-17-14(26)13(25)12(24)10(5-22)31-17/h1-4,9-15,17,22-26H,5-6H2,(H,20,27). The van der Waals surface area contributed by atoms with Crippen molar-refractivity contribution in [2.45, 2.75) is 47.7 Å². The first kappa shape index (κ1) is 25.6. The molecule has 0 spiro atoms. The van der Waals surface area contributed by atoms with Crippen LogP contribution in [-0.2, 0) is 14.3 Å². The van der Waals surface area contributed by atoms with Gasteiger partial charge in [0.25, 0.3) is 11.6 Å². The van der Waals surface area contributed by atoms with E-state index in [1.807, 2.05) is 0 Å². The van der Waals surface area contributed by atoms with E-state index in [1.54, 1.807) is 0 Å². The molecule has 1 fully saturated rings. The lowest BCUT2D eigenvalue weighted by Gasteiger charge is -2.40. The zero-order chi connectivity index (χ0) is 23.3. The Kier molecular flexibility index (Phi) is 9.36. The summed E-state index contributed by atoms with van der Waals surface area (Å²) < 4.78 is 10.6. The minimum Gasteiger partial charge on any atom is -0.394 e. The Morgan fingerprint density at radius 1 is 1.19 bits per heavy atom. The van der Waals surface area contributed by atoms with Crippen LogP contribution in [0, 0.1) is 10.1 Å². The number of rotatable bonds is 9. The average Bonchev–Trinajstić information content (AvgIpc) is 2.75. The van der Waals surface area contributed by atoms with Gasteiger partial charge in [0.1, 0.15) is 30.5 Å². The van der Waals surface area contributed by atoms with Crippen molar-refractivity contribution >= 4 is 34.8 Å². The second-order valence-corrected chi connectivity index (χ2v) is 7.84. The van der Waals surface area contributed by atoms with Crippen molar-refractivity contribution in [1.82, 2.24) is 5.32 Å². The fourth-order valence-corrected chi connectivity index (χ4v) is 3.01. The van der Waals surface area contributed by atoms with Gasteiger partial charge in [-0.3, -0.25) is 14.9 Å². The van der Waals surface area contributed by atoms with Crippen molar-refractivity contribution in [2.24, 2.45) is 0 Å². The van der Waals surface area contributed by atoms with Crippen molar-refractivity contribution in [1.29, 1.82) is 0 Å². The molecule has 0 aromatic heterocycles. The number of nitrogens with one attached hydrogen (secondary N) is 1. The monoisotopic (exact) mass is 484 g/mol. The van der Waals surface area contributed by atoms with Gasteiger partial charge in [0.05, 0.1) is 24.2 Å². The van der Waals surface area contributed by atoms with E-state index >= 15 is 0 Å². The van der Waals surface area contributed by atoms with Crippen molar-refractivity contribution in [3.63, 3.8) is 0 Å². The number of nitro benzene ring substituents is 1. The summed E-state index contributed by atoms with van der Waals surface area (Å²) in [6.45, 7) is -1.16. The molecule has 31 heavy (non-hydrogen) atoms. The number of aliphatic hydroxyl groups is 5. The summed E-state index contributed by atoms with van der Waals surface area (Å²) in [6.07, 6.45) is -9.14. The molecule has 0 bridgehead atoms. The number of non-ortho nitro benzene ring substituents is 1. The zero-order valence-corrected chi connectivity index (χ0v) is 17.3. The van der Waals surface area contributed by atoms with Gasteiger partial charge >= 0.3 is 0 Å². The maximum absolute atomic E-state index is 11.9. The van der Waals surface area contributed by atoms with E-state index in [-0.39, 0.29) is 11.3 Å². The molecule has 14 heteroatoms. The summed E-state index contributed by atoms with van der Waals surface area (Å²) in [5.41, 5.74) is -0.0234. The predicted octanol–water partition coefficient (Wildman–Crippen LogP) is -1.27.